The van der Waals surface area contributed by atoms with E-state index in [4.69, 9.17) is 0 Å². The standard InChI is InChI=1S/C24H28N4O.C5H9NO/c1-24(2,3)20-7-9-21(10-8-20)28(4)22(19-6-5-13-26-17-19)23(29)27-16-18-11-14-25-15-12-18;7-4-5-2-1-3-6-5/h5-15,17,22H,16H2,1-4H3,(H,27,29);4-6H,1-3H2. The third kappa shape index (κ3) is 7.71. The quantitative estimate of drug-likeness (QED) is 0.486. The van der Waals surface area contributed by atoms with Crippen LogP contribution in [0.1, 0.15) is 56.3 Å². The number of aldehydes is 1. The number of hydrogen-bond donors (Lipinski definition) is 2. The average molecular weight is 488 g/mol. The van der Waals surface area contributed by atoms with Gasteiger partial charge in [-0.15, -0.1) is 0 Å². The van der Waals surface area contributed by atoms with Crippen LogP contribution < -0.4 is 15.5 Å². The molecule has 1 aromatic carbocycles. The first-order chi connectivity index (χ1) is 17.3. The Labute approximate surface area is 214 Å². The smallest absolute Gasteiger partial charge is 0.247 e. The van der Waals surface area contributed by atoms with Gasteiger partial charge in [0, 0.05) is 49.6 Å². The van der Waals surface area contributed by atoms with Crippen molar-refractivity contribution in [2.45, 2.75) is 57.7 Å². The van der Waals surface area contributed by atoms with Gasteiger partial charge in [-0.25, -0.2) is 0 Å². The summed E-state index contributed by atoms with van der Waals surface area (Å²) in [5.41, 5.74) is 4.18. The summed E-state index contributed by atoms with van der Waals surface area (Å²) in [6.45, 7) is 8.04. The van der Waals surface area contributed by atoms with E-state index in [1.54, 1.807) is 24.8 Å². The zero-order chi connectivity index (χ0) is 26.0. The second-order valence-electron chi connectivity index (χ2n) is 10.0. The van der Waals surface area contributed by atoms with Gasteiger partial charge < -0.3 is 20.3 Å². The molecule has 0 bridgehead atoms. The highest BCUT2D eigenvalue weighted by Crippen LogP contribution is 2.29. The molecule has 0 aliphatic carbocycles. The van der Waals surface area contributed by atoms with Crippen molar-refractivity contribution in [3.63, 3.8) is 0 Å². The van der Waals surface area contributed by atoms with E-state index in [0.29, 0.717) is 6.54 Å². The molecule has 2 unspecified atom stereocenters. The first-order valence-corrected chi connectivity index (χ1v) is 12.4. The van der Waals surface area contributed by atoms with Crippen LogP contribution in [0.15, 0.2) is 73.3 Å². The van der Waals surface area contributed by atoms with Crippen molar-refractivity contribution in [3.05, 3.63) is 90.0 Å². The van der Waals surface area contributed by atoms with Crippen LogP contribution in [0.2, 0.25) is 0 Å². The fraction of sp³-hybridized carbons (Fsp3) is 0.379. The maximum absolute atomic E-state index is 13.2. The second kappa shape index (κ2) is 12.9. The number of likely N-dealkylation sites (N-methyl/N-ethyl adjacent to an activating group) is 1. The lowest BCUT2D eigenvalue weighted by Gasteiger charge is -2.30. The van der Waals surface area contributed by atoms with Crippen molar-refractivity contribution in [1.82, 2.24) is 20.6 Å². The summed E-state index contributed by atoms with van der Waals surface area (Å²) in [5, 5.41) is 6.09. The van der Waals surface area contributed by atoms with Crippen molar-refractivity contribution in [2.24, 2.45) is 0 Å². The van der Waals surface area contributed by atoms with Crippen molar-refractivity contribution < 1.29 is 9.59 Å². The number of hydrogen-bond acceptors (Lipinski definition) is 6. The molecule has 2 N–H and O–H groups in total. The zero-order valence-electron chi connectivity index (χ0n) is 21.6. The number of pyridine rings is 2. The number of carbonyl (C=O) groups excluding carboxylic acids is 2. The van der Waals surface area contributed by atoms with Gasteiger partial charge in [-0.05, 0) is 66.3 Å². The van der Waals surface area contributed by atoms with Crippen LogP contribution in [-0.2, 0) is 21.5 Å². The van der Waals surface area contributed by atoms with Crippen LogP contribution in [0.25, 0.3) is 0 Å². The molecule has 190 valence electrons. The summed E-state index contributed by atoms with van der Waals surface area (Å²) in [7, 11) is 1.94. The molecule has 36 heavy (non-hydrogen) atoms. The molecule has 0 spiro atoms. The molecule has 1 amide bonds. The summed E-state index contributed by atoms with van der Waals surface area (Å²) in [6, 6.07) is 15.7. The lowest BCUT2D eigenvalue weighted by molar-refractivity contribution is -0.122. The van der Waals surface area contributed by atoms with E-state index in [1.807, 2.05) is 36.2 Å². The number of nitrogens with zero attached hydrogens (tertiary/aromatic N) is 3. The van der Waals surface area contributed by atoms with Gasteiger partial charge in [-0.2, -0.15) is 0 Å². The Kier molecular flexibility index (Phi) is 9.70. The Hall–Kier alpha value is -3.58. The molecule has 1 saturated heterocycles. The Bertz CT molecular complexity index is 1080. The summed E-state index contributed by atoms with van der Waals surface area (Å²) < 4.78 is 0. The van der Waals surface area contributed by atoms with Gasteiger partial charge in [-0.1, -0.05) is 39.0 Å². The summed E-state index contributed by atoms with van der Waals surface area (Å²) in [5.74, 6) is -0.0720. The monoisotopic (exact) mass is 487 g/mol. The van der Waals surface area contributed by atoms with Crippen LogP contribution in [0.5, 0.6) is 0 Å². The Balaban J connectivity index is 0.000000444. The number of benzene rings is 1. The highest BCUT2D eigenvalue weighted by atomic mass is 16.2. The van der Waals surface area contributed by atoms with Gasteiger partial charge in [0.1, 0.15) is 12.3 Å². The molecule has 2 aromatic heterocycles. The Morgan fingerprint density at radius 3 is 2.36 bits per heavy atom. The maximum atomic E-state index is 13.2. The molecule has 0 saturated carbocycles. The minimum Gasteiger partial charge on any atom is -0.359 e. The largest absolute Gasteiger partial charge is 0.359 e. The molecular weight excluding hydrogens is 450 g/mol. The molecule has 0 radical (unpaired) electrons. The van der Waals surface area contributed by atoms with Crippen molar-refractivity contribution >= 4 is 17.9 Å². The molecule has 1 aliphatic heterocycles. The SMILES string of the molecule is CN(c1ccc(C(C)(C)C)cc1)C(C(=O)NCc1ccncc1)c1cccnc1.O=CC1CCCN1. The van der Waals surface area contributed by atoms with Crippen molar-refractivity contribution in [3.8, 4) is 0 Å². The fourth-order valence-electron chi connectivity index (χ4n) is 4.05. The number of amides is 1. The second-order valence-corrected chi connectivity index (χ2v) is 10.0. The predicted octanol–water partition coefficient (Wildman–Crippen LogP) is 4.21. The van der Waals surface area contributed by atoms with E-state index in [2.05, 4.69) is 65.6 Å². The molecule has 3 aromatic rings. The van der Waals surface area contributed by atoms with E-state index < -0.39 is 6.04 Å². The van der Waals surface area contributed by atoms with Gasteiger partial charge in [0.05, 0.1) is 6.04 Å². The number of aromatic nitrogens is 2. The number of nitrogens with one attached hydrogen (secondary N) is 2. The van der Waals surface area contributed by atoms with Gasteiger partial charge >= 0.3 is 0 Å². The average Bonchev–Trinajstić information content (AvgIpc) is 3.43. The zero-order valence-corrected chi connectivity index (χ0v) is 21.6. The van der Waals surface area contributed by atoms with Crippen LogP contribution in [0.4, 0.5) is 5.69 Å². The fourth-order valence-corrected chi connectivity index (χ4v) is 4.05. The lowest BCUT2D eigenvalue weighted by Crippen LogP contribution is -2.38. The molecule has 1 aliphatic rings. The predicted molar refractivity (Wildman–Crippen MR) is 144 cm³/mol. The topological polar surface area (TPSA) is 87.2 Å². The van der Waals surface area contributed by atoms with E-state index in [-0.39, 0.29) is 17.4 Å². The Morgan fingerprint density at radius 2 is 1.83 bits per heavy atom. The number of carbonyl (C=O) groups is 2. The normalized spacial score (nSPS) is 15.8. The maximum Gasteiger partial charge on any atom is 0.247 e. The minimum atomic E-state index is -0.481. The lowest BCUT2D eigenvalue weighted by atomic mass is 9.87. The van der Waals surface area contributed by atoms with Crippen LogP contribution in [0.3, 0.4) is 0 Å². The van der Waals surface area contributed by atoms with Crippen LogP contribution >= 0.6 is 0 Å². The first-order valence-electron chi connectivity index (χ1n) is 12.4. The Morgan fingerprint density at radius 1 is 1.11 bits per heavy atom. The molecule has 3 heterocycles. The van der Waals surface area contributed by atoms with Gasteiger partial charge in [0.2, 0.25) is 5.91 Å². The number of rotatable bonds is 7. The van der Waals surface area contributed by atoms with E-state index in [9.17, 15) is 9.59 Å². The third-order valence-electron chi connectivity index (χ3n) is 6.26. The van der Waals surface area contributed by atoms with Gasteiger partial charge in [-0.3, -0.25) is 14.8 Å². The van der Waals surface area contributed by atoms with Crippen LogP contribution in [-0.4, -0.2) is 41.8 Å². The van der Waals surface area contributed by atoms with Gasteiger partial charge in [0.15, 0.2) is 0 Å². The molecular formula is C29H37N5O2. The molecule has 2 atom stereocenters. The molecule has 4 rings (SSSR count). The third-order valence-corrected chi connectivity index (χ3v) is 6.26. The summed E-state index contributed by atoms with van der Waals surface area (Å²) >= 11 is 0. The van der Waals surface area contributed by atoms with Crippen molar-refractivity contribution in [1.29, 1.82) is 0 Å². The molecule has 7 heteroatoms. The number of anilines is 1. The highest BCUT2D eigenvalue weighted by molar-refractivity contribution is 5.86. The van der Waals surface area contributed by atoms with Gasteiger partial charge in [0.25, 0.3) is 0 Å². The molecule has 7 nitrogen and oxygen atoms in total. The van der Waals surface area contributed by atoms with Crippen molar-refractivity contribution in [2.75, 3.05) is 18.5 Å². The van der Waals surface area contributed by atoms with E-state index in [0.717, 1.165) is 42.5 Å². The summed E-state index contributed by atoms with van der Waals surface area (Å²) in [6.07, 6.45) is 10.1. The van der Waals surface area contributed by atoms with Crippen LogP contribution in [0, 0.1) is 0 Å². The minimum absolute atomic E-state index is 0.0720. The highest BCUT2D eigenvalue weighted by Gasteiger charge is 2.26. The molecule has 1 fully saturated rings. The van der Waals surface area contributed by atoms with E-state index in [1.165, 1.54) is 5.56 Å². The first kappa shape index (κ1) is 27.0. The summed E-state index contributed by atoms with van der Waals surface area (Å²) in [4.78, 5) is 33.3. The van der Waals surface area contributed by atoms with E-state index >= 15 is 0 Å².